The Bertz CT molecular complexity index is 1080. The summed E-state index contributed by atoms with van der Waals surface area (Å²) < 4.78 is 27.4. The summed E-state index contributed by atoms with van der Waals surface area (Å²) >= 11 is 1.38. The summed E-state index contributed by atoms with van der Waals surface area (Å²) in [4.78, 5) is 21.5. The number of fused-ring (bicyclic) bond motifs is 1. The summed E-state index contributed by atoms with van der Waals surface area (Å²) in [5.41, 5.74) is 1.39. The molecule has 3 heterocycles. The molecule has 0 saturated carbocycles. The van der Waals surface area contributed by atoms with Gasteiger partial charge >= 0.3 is 0 Å². The van der Waals surface area contributed by atoms with E-state index in [0.717, 1.165) is 5.56 Å². The number of aromatic amines is 1. The molecule has 7 nitrogen and oxygen atoms in total. The van der Waals surface area contributed by atoms with Crippen LogP contribution < -0.4 is 5.56 Å². The van der Waals surface area contributed by atoms with Gasteiger partial charge in [0.25, 0.3) is 5.56 Å². The number of aromatic nitrogens is 2. The average Bonchev–Trinajstić information content (AvgIpc) is 3.12. The van der Waals surface area contributed by atoms with Crippen molar-refractivity contribution in [1.82, 2.24) is 19.2 Å². The standard InChI is InChI=1S/C18H20N4O3S2/c23-18-17-15(6-11-26-17)19-16(20-18)12-21-7-9-22(10-8-21)27(24,25)13-14-4-2-1-3-5-14/h1-6,11H,7-10,12-13H2,(H,19,20,23). The van der Waals surface area contributed by atoms with Gasteiger partial charge in [0.1, 0.15) is 10.5 Å². The monoisotopic (exact) mass is 404 g/mol. The molecule has 0 radical (unpaired) electrons. The molecule has 1 fully saturated rings. The Morgan fingerprint density at radius 2 is 1.81 bits per heavy atom. The molecule has 1 saturated heterocycles. The summed E-state index contributed by atoms with van der Waals surface area (Å²) in [6, 6.07) is 11.1. The van der Waals surface area contributed by atoms with Gasteiger partial charge in [0, 0.05) is 26.2 Å². The molecule has 4 rings (SSSR count). The number of nitrogens with one attached hydrogen (secondary N) is 1. The summed E-state index contributed by atoms with van der Waals surface area (Å²) in [6.45, 7) is 2.62. The third-order valence-corrected chi connectivity index (χ3v) is 7.41. The summed E-state index contributed by atoms with van der Waals surface area (Å²) in [5, 5.41) is 1.85. The maximum absolute atomic E-state index is 12.6. The molecular formula is C18H20N4O3S2. The number of nitrogens with zero attached hydrogens (tertiary/aromatic N) is 3. The van der Waals surface area contributed by atoms with Gasteiger partial charge in [-0.1, -0.05) is 30.3 Å². The number of thiophene rings is 1. The highest BCUT2D eigenvalue weighted by molar-refractivity contribution is 7.88. The Balaban J connectivity index is 1.39. The van der Waals surface area contributed by atoms with Crippen molar-refractivity contribution in [3.63, 3.8) is 0 Å². The topological polar surface area (TPSA) is 86.4 Å². The molecule has 1 aromatic carbocycles. The normalized spacial score (nSPS) is 16.7. The highest BCUT2D eigenvalue weighted by Gasteiger charge is 2.27. The van der Waals surface area contributed by atoms with Crippen LogP contribution in [-0.4, -0.2) is 53.8 Å². The number of hydrogen-bond donors (Lipinski definition) is 1. The van der Waals surface area contributed by atoms with Gasteiger partial charge in [-0.05, 0) is 17.0 Å². The van der Waals surface area contributed by atoms with E-state index in [4.69, 9.17) is 0 Å². The van der Waals surface area contributed by atoms with Crippen molar-refractivity contribution in [2.24, 2.45) is 0 Å². The van der Waals surface area contributed by atoms with E-state index in [1.165, 1.54) is 11.3 Å². The van der Waals surface area contributed by atoms with Crippen LogP contribution in [0.5, 0.6) is 0 Å². The third kappa shape index (κ3) is 4.11. The Labute approximate surface area is 161 Å². The number of hydrogen-bond acceptors (Lipinski definition) is 6. The molecule has 0 unspecified atom stereocenters. The lowest BCUT2D eigenvalue weighted by molar-refractivity contribution is 0.178. The van der Waals surface area contributed by atoms with E-state index < -0.39 is 10.0 Å². The fourth-order valence-electron chi connectivity index (χ4n) is 3.25. The van der Waals surface area contributed by atoms with E-state index in [9.17, 15) is 13.2 Å². The molecule has 142 valence electrons. The van der Waals surface area contributed by atoms with Crippen molar-refractivity contribution in [2.75, 3.05) is 26.2 Å². The Morgan fingerprint density at radius 3 is 2.56 bits per heavy atom. The lowest BCUT2D eigenvalue weighted by atomic mass is 10.2. The molecule has 3 aromatic rings. The van der Waals surface area contributed by atoms with Crippen LogP contribution in [0.3, 0.4) is 0 Å². The molecule has 1 N–H and O–H groups in total. The van der Waals surface area contributed by atoms with Gasteiger partial charge in [-0.2, -0.15) is 4.31 Å². The number of sulfonamides is 1. The first-order valence-electron chi connectivity index (χ1n) is 8.72. The first kappa shape index (κ1) is 18.3. The second-order valence-electron chi connectivity index (χ2n) is 6.56. The molecule has 0 aliphatic carbocycles. The van der Waals surface area contributed by atoms with E-state index in [0.29, 0.717) is 48.8 Å². The second-order valence-corrected chi connectivity index (χ2v) is 9.45. The fourth-order valence-corrected chi connectivity index (χ4v) is 5.49. The zero-order chi connectivity index (χ0) is 18.9. The molecule has 9 heteroatoms. The van der Waals surface area contributed by atoms with Crippen molar-refractivity contribution < 1.29 is 8.42 Å². The Kier molecular flexibility index (Phi) is 5.09. The van der Waals surface area contributed by atoms with Crippen LogP contribution in [-0.2, 0) is 22.3 Å². The number of piperazine rings is 1. The molecule has 1 aliphatic heterocycles. The quantitative estimate of drug-likeness (QED) is 0.699. The minimum Gasteiger partial charge on any atom is -0.308 e. The van der Waals surface area contributed by atoms with E-state index in [-0.39, 0.29) is 11.3 Å². The molecular weight excluding hydrogens is 384 g/mol. The van der Waals surface area contributed by atoms with Crippen LogP contribution >= 0.6 is 11.3 Å². The van der Waals surface area contributed by atoms with Crippen LogP contribution in [0.15, 0.2) is 46.6 Å². The molecule has 2 aromatic heterocycles. The van der Waals surface area contributed by atoms with Gasteiger partial charge in [-0.3, -0.25) is 9.69 Å². The lowest BCUT2D eigenvalue weighted by Gasteiger charge is -2.33. The van der Waals surface area contributed by atoms with Crippen molar-refractivity contribution in [2.45, 2.75) is 12.3 Å². The molecule has 0 amide bonds. The van der Waals surface area contributed by atoms with Crippen molar-refractivity contribution in [3.8, 4) is 0 Å². The van der Waals surface area contributed by atoms with Gasteiger partial charge < -0.3 is 4.98 Å². The van der Waals surface area contributed by atoms with E-state index >= 15 is 0 Å². The maximum Gasteiger partial charge on any atom is 0.268 e. The summed E-state index contributed by atoms with van der Waals surface area (Å²) in [5.74, 6) is 0.642. The molecule has 0 spiro atoms. The van der Waals surface area contributed by atoms with Gasteiger partial charge in [0.15, 0.2) is 0 Å². The molecule has 0 bridgehead atoms. The van der Waals surface area contributed by atoms with Crippen LogP contribution in [0, 0.1) is 0 Å². The first-order chi connectivity index (χ1) is 13.0. The zero-order valence-electron chi connectivity index (χ0n) is 14.7. The number of benzene rings is 1. The minimum absolute atomic E-state index is 0.0253. The van der Waals surface area contributed by atoms with E-state index in [2.05, 4.69) is 14.9 Å². The number of H-pyrrole nitrogens is 1. The van der Waals surface area contributed by atoms with Crippen LogP contribution in [0.2, 0.25) is 0 Å². The third-order valence-electron chi connectivity index (χ3n) is 4.65. The first-order valence-corrected chi connectivity index (χ1v) is 11.2. The van der Waals surface area contributed by atoms with E-state index in [1.54, 1.807) is 4.31 Å². The predicted octanol–water partition coefficient (Wildman–Crippen LogP) is 1.63. The van der Waals surface area contributed by atoms with Gasteiger partial charge in [0.05, 0.1) is 17.8 Å². The van der Waals surface area contributed by atoms with Crippen molar-refractivity contribution in [1.29, 1.82) is 0 Å². The van der Waals surface area contributed by atoms with Crippen molar-refractivity contribution >= 4 is 31.6 Å². The summed E-state index contributed by atoms with van der Waals surface area (Å²) in [7, 11) is -3.33. The maximum atomic E-state index is 12.6. The summed E-state index contributed by atoms with van der Waals surface area (Å²) in [6.07, 6.45) is 0. The van der Waals surface area contributed by atoms with Gasteiger partial charge in [0.2, 0.25) is 10.0 Å². The fraction of sp³-hybridized carbons (Fsp3) is 0.333. The average molecular weight is 405 g/mol. The zero-order valence-corrected chi connectivity index (χ0v) is 16.3. The predicted molar refractivity (Wildman–Crippen MR) is 106 cm³/mol. The Hall–Kier alpha value is -2.07. The second kappa shape index (κ2) is 7.51. The minimum atomic E-state index is -3.33. The van der Waals surface area contributed by atoms with Gasteiger partial charge in [-0.25, -0.2) is 13.4 Å². The Morgan fingerprint density at radius 1 is 1.07 bits per heavy atom. The van der Waals surface area contributed by atoms with Crippen LogP contribution in [0.25, 0.3) is 10.2 Å². The van der Waals surface area contributed by atoms with Crippen LogP contribution in [0.4, 0.5) is 0 Å². The highest BCUT2D eigenvalue weighted by Crippen LogP contribution is 2.16. The largest absolute Gasteiger partial charge is 0.308 e. The lowest BCUT2D eigenvalue weighted by Crippen LogP contribution is -2.48. The smallest absolute Gasteiger partial charge is 0.268 e. The molecule has 1 aliphatic rings. The van der Waals surface area contributed by atoms with Crippen molar-refractivity contribution in [3.05, 3.63) is 63.5 Å². The van der Waals surface area contributed by atoms with Crippen LogP contribution in [0.1, 0.15) is 11.4 Å². The van der Waals surface area contributed by atoms with Gasteiger partial charge in [-0.15, -0.1) is 11.3 Å². The number of rotatable bonds is 5. The molecule has 0 atom stereocenters. The highest BCUT2D eigenvalue weighted by atomic mass is 32.2. The SMILES string of the molecule is O=c1[nH]c(CN2CCN(S(=O)(=O)Cc3ccccc3)CC2)nc2ccsc12. The van der Waals surface area contributed by atoms with E-state index in [1.807, 2.05) is 41.8 Å². The molecule has 27 heavy (non-hydrogen) atoms.